The van der Waals surface area contributed by atoms with Crippen LogP contribution in [0, 0.1) is 35.5 Å². The van der Waals surface area contributed by atoms with Crippen molar-refractivity contribution in [1.82, 2.24) is 4.90 Å². The van der Waals surface area contributed by atoms with Crippen molar-refractivity contribution in [2.45, 2.75) is 166 Å². The summed E-state index contributed by atoms with van der Waals surface area (Å²) in [6.45, 7) is 9.24. The van der Waals surface area contributed by atoms with Gasteiger partial charge in [-0.05, 0) is 101 Å². The van der Waals surface area contributed by atoms with Gasteiger partial charge in [0.15, 0.2) is 5.78 Å². The lowest BCUT2D eigenvalue weighted by Crippen LogP contribution is -2.65. The van der Waals surface area contributed by atoms with Crippen molar-refractivity contribution in [1.29, 1.82) is 0 Å². The second kappa shape index (κ2) is 24.7. The summed E-state index contributed by atoms with van der Waals surface area (Å²) >= 11 is 0. The van der Waals surface area contributed by atoms with Gasteiger partial charge in [-0.3, -0.25) is 19.2 Å². The number of hydrogen-bond acceptors (Lipinski definition) is 14. The molecule has 15 atom stereocenters. The molecule has 15 heteroatoms. The highest BCUT2D eigenvalue weighted by Gasteiger charge is 2.57. The maximum Gasteiger partial charge on any atom is 0.329 e. The van der Waals surface area contributed by atoms with Gasteiger partial charge in [0.2, 0.25) is 5.79 Å². The average molecular weight is 928 g/mol. The fraction of sp³-hybridized carbons (Fsp3) is 0.745. The zero-order chi connectivity index (χ0) is 48.3. The number of piperidine rings is 1. The van der Waals surface area contributed by atoms with E-state index in [2.05, 4.69) is 0 Å². The van der Waals surface area contributed by atoms with Crippen LogP contribution in [-0.4, -0.2) is 145 Å². The summed E-state index contributed by atoms with van der Waals surface area (Å²) in [5, 5.41) is 32.8. The Balaban J connectivity index is 1.48. The SMILES string of the molecule is CO[C@H]1C[C@@H]2CC[C@@H](C)[C@@](O)(O2)C(=O)C(=O)N2CCCC3[C@H]2C(=O)O[C@@H](CC(=O)C/C=C(\C)[C@@H](O)[C@@H](OC)C(=O)[C@H](C)C[C@H](C)/C=C/C=C/C=C1C)[C@H]3C[C@@H]1CC[C@@H](OCCO)[C@H](OC)C1. The molecule has 4 aliphatic heterocycles. The Kier molecular flexibility index (Phi) is 20.1. The van der Waals surface area contributed by atoms with E-state index < -0.39 is 77.8 Å². The number of ether oxygens (including phenoxy) is 6. The predicted molar refractivity (Wildman–Crippen MR) is 245 cm³/mol. The third-order valence-corrected chi connectivity index (χ3v) is 15.0. The summed E-state index contributed by atoms with van der Waals surface area (Å²) in [5.74, 6) is -7.66. The van der Waals surface area contributed by atoms with Crippen LogP contribution in [0.4, 0.5) is 0 Å². The number of nitrogens with zero attached hydrogens (tertiary/aromatic N) is 1. The summed E-state index contributed by atoms with van der Waals surface area (Å²) in [6, 6.07) is -1.12. The Morgan fingerprint density at radius 1 is 0.864 bits per heavy atom. The van der Waals surface area contributed by atoms with Crippen molar-refractivity contribution in [3.63, 3.8) is 0 Å². The van der Waals surface area contributed by atoms with Crippen molar-refractivity contribution in [2.75, 3.05) is 41.1 Å². The number of Topliss-reactive ketones (excluding diaryl/α,β-unsaturated/α-hetero) is 3. The second-order valence-corrected chi connectivity index (χ2v) is 19.6. The van der Waals surface area contributed by atoms with E-state index in [1.54, 1.807) is 34.1 Å². The van der Waals surface area contributed by atoms with Crippen LogP contribution in [-0.2, 0) is 52.4 Å². The molecule has 0 aromatic heterocycles. The summed E-state index contributed by atoms with van der Waals surface area (Å²) in [5.41, 5.74) is 1.28. The number of carbonyl (C=O) groups is 5. The van der Waals surface area contributed by atoms with E-state index in [1.165, 1.54) is 12.0 Å². The Hall–Kier alpha value is -3.41. The molecule has 0 aromatic carbocycles. The van der Waals surface area contributed by atoms with E-state index in [-0.39, 0.29) is 74.1 Å². The van der Waals surface area contributed by atoms with Gasteiger partial charge in [-0.2, -0.15) is 0 Å². The molecule has 66 heavy (non-hydrogen) atoms. The van der Waals surface area contributed by atoms with Crippen LogP contribution in [0.2, 0.25) is 0 Å². The molecule has 15 nitrogen and oxygen atoms in total. The quantitative estimate of drug-likeness (QED) is 0.163. The topological polar surface area (TPSA) is 205 Å². The highest BCUT2D eigenvalue weighted by Crippen LogP contribution is 2.45. The molecule has 5 aliphatic rings. The molecule has 1 amide bonds. The lowest BCUT2D eigenvalue weighted by atomic mass is 9.68. The maximum absolute atomic E-state index is 14.5. The number of amides is 1. The summed E-state index contributed by atoms with van der Waals surface area (Å²) in [7, 11) is 4.58. The first kappa shape index (κ1) is 53.5. The van der Waals surface area contributed by atoms with Crippen molar-refractivity contribution in [2.24, 2.45) is 35.5 Å². The number of ketones is 3. The van der Waals surface area contributed by atoms with Gasteiger partial charge in [0.25, 0.3) is 11.7 Å². The van der Waals surface area contributed by atoms with E-state index in [9.17, 15) is 39.3 Å². The summed E-state index contributed by atoms with van der Waals surface area (Å²) in [4.78, 5) is 71.9. The molecule has 1 saturated carbocycles. The van der Waals surface area contributed by atoms with Crippen molar-refractivity contribution in [3.05, 3.63) is 47.6 Å². The zero-order valence-electron chi connectivity index (χ0n) is 40.4. The minimum atomic E-state index is -2.44. The Labute approximate surface area is 391 Å². The van der Waals surface area contributed by atoms with Gasteiger partial charge in [-0.25, -0.2) is 4.79 Å². The molecule has 4 fully saturated rings. The van der Waals surface area contributed by atoms with Crippen LogP contribution in [0.3, 0.4) is 0 Å². The fourth-order valence-corrected chi connectivity index (χ4v) is 11.0. The highest BCUT2D eigenvalue weighted by atomic mass is 16.6. The Morgan fingerprint density at radius 2 is 1.62 bits per heavy atom. The standard InChI is InChI=1S/C51H77NO14/c1-30-13-10-9-11-14-31(2)41(61-6)29-37-20-17-34(5)51(60,66-37)48(57)49(58)52-22-12-15-38-39(26-35-18-21-40(64-24-23-53)43(27-35)62-7)42(65-50(59)44(38)52)28-36(54)19-16-32(3)45(55)47(63-8)46(56)33(4)25-30/h9-11,13-14,16,30,33-35,37-45,47,53,55,60H,12,15,17-29H2,1-8H3/b11-9+,13-10+,31-14?,32-16+/t30-,33-,34-,35+,37+,38?,39+,40-,41+,42+,43-,44+,45-,47-,51-/m1/s1. The third-order valence-electron chi connectivity index (χ3n) is 15.0. The number of fused-ring (bicyclic) bond motifs is 3. The fourth-order valence-electron chi connectivity index (χ4n) is 11.0. The average Bonchev–Trinajstić information content (AvgIpc) is 3.30. The minimum Gasteiger partial charge on any atom is -0.460 e. The molecule has 1 unspecified atom stereocenters. The molecule has 0 spiro atoms. The van der Waals surface area contributed by atoms with E-state index in [0.717, 1.165) is 12.0 Å². The minimum absolute atomic E-state index is 0.0242. The molecular weight excluding hydrogens is 851 g/mol. The van der Waals surface area contributed by atoms with Crippen LogP contribution in [0.1, 0.15) is 112 Å². The van der Waals surface area contributed by atoms with Crippen LogP contribution in [0.15, 0.2) is 47.6 Å². The largest absolute Gasteiger partial charge is 0.460 e. The molecule has 0 radical (unpaired) electrons. The molecule has 3 saturated heterocycles. The first-order chi connectivity index (χ1) is 31.5. The van der Waals surface area contributed by atoms with Gasteiger partial charge in [0, 0.05) is 64.9 Å². The predicted octanol–water partition coefficient (Wildman–Crippen LogP) is 5.17. The van der Waals surface area contributed by atoms with Crippen molar-refractivity contribution in [3.8, 4) is 0 Å². The van der Waals surface area contributed by atoms with Gasteiger partial charge in [0.05, 0.1) is 37.6 Å². The molecule has 1 aliphatic carbocycles. The van der Waals surface area contributed by atoms with Crippen LogP contribution < -0.4 is 0 Å². The number of aliphatic hydroxyl groups is 3. The van der Waals surface area contributed by atoms with E-state index in [1.807, 2.05) is 51.2 Å². The molecule has 5 rings (SSSR count). The van der Waals surface area contributed by atoms with Gasteiger partial charge in [-0.15, -0.1) is 0 Å². The number of allylic oxidation sites excluding steroid dienone is 6. The second-order valence-electron chi connectivity index (χ2n) is 19.6. The number of methoxy groups -OCH3 is 3. The Bertz CT molecular complexity index is 1810. The van der Waals surface area contributed by atoms with E-state index in [4.69, 9.17) is 28.4 Å². The van der Waals surface area contributed by atoms with Crippen LogP contribution >= 0.6 is 0 Å². The molecular formula is C51H77NO14. The summed E-state index contributed by atoms with van der Waals surface area (Å²) < 4.78 is 35.5. The molecule has 370 valence electrons. The monoisotopic (exact) mass is 928 g/mol. The van der Waals surface area contributed by atoms with E-state index in [0.29, 0.717) is 63.4 Å². The summed E-state index contributed by atoms with van der Waals surface area (Å²) in [6.07, 6.45) is 11.6. The molecule has 0 aromatic rings. The lowest BCUT2D eigenvalue weighted by Gasteiger charge is -2.50. The van der Waals surface area contributed by atoms with Gasteiger partial charge in [0.1, 0.15) is 30.1 Å². The number of hydrogen-bond donors (Lipinski definition) is 3. The number of rotatable bonds is 8. The normalized spacial score (nSPS) is 40.3. The van der Waals surface area contributed by atoms with Crippen molar-refractivity contribution < 1.29 is 67.7 Å². The molecule has 6 bridgehead atoms. The molecule has 3 N–H and O–H groups in total. The zero-order valence-corrected chi connectivity index (χ0v) is 40.4. The molecule has 4 heterocycles. The maximum atomic E-state index is 14.5. The van der Waals surface area contributed by atoms with Crippen LogP contribution in [0.5, 0.6) is 0 Å². The van der Waals surface area contributed by atoms with E-state index >= 15 is 0 Å². The number of esters is 1. The highest BCUT2D eigenvalue weighted by molar-refractivity contribution is 6.39. The smallest absolute Gasteiger partial charge is 0.329 e. The van der Waals surface area contributed by atoms with Crippen molar-refractivity contribution >= 4 is 29.2 Å². The van der Waals surface area contributed by atoms with Gasteiger partial charge < -0.3 is 48.6 Å². The number of carbonyl (C=O) groups excluding carboxylic acids is 5. The lowest BCUT2D eigenvalue weighted by molar-refractivity contribution is -0.266. The van der Waals surface area contributed by atoms with Gasteiger partial charge >= 0.3 is 5.97 Å². The van der Waals surface area contributed by atoms with Gasteiger partial charge in [-0.1, -0.05) is 57.2 Å². The first-order valence-corrected chi connectivity index (χ1v) is 24.2. The van der Waals surface area contributed by atoms with Crippen LogP contribution in [0.25, 0.3) is 0 Å². The Morgan fingerprint density at radius 3 is 2.32 bits per heavy atom. The third kappa shape index (κ3) is 13.0. The first-order valence-electron chi connectivity index (χ1n) is 24.2. The number of aliphatic hydroxyl groups excluding tert-OH is 2.